The number of aromatic amines is 1. The molecule has 4 unspecified atom stereocenters. The van der Waals surface area contributed by atoms with Crippen LogP contribution < -0.4 is 27.6 Å². The SMILES string of the molecule is NCc1ccc(C(=O)N[C@@H](Cc2ccccc2)c2nc(Cl)c(C3CCC4C(N)NNC4C3)[nH]2)c(F)c1. The molecule has 0 bridgehead atoms. The van der Waals surface area contributed by atoms with Crippen LogP contribution in [0.3, 0.4) is 0 Å². The summed E-state index contributed by atoms with van der Waals surface area (Å²) in [4.78, 5) is 21.1. The van der Waals surface area contributed by atoms with Crippen molar-refractivity contribution < 1.29 is 9.18 Å². The summed E-state index contributed by atoms with van der Waals surface area (Å²) < 4.78 is 14.6. The lowest BCUT2D eigenvalue weighted by molar-refractivity contribution is 0.0930. The van der Waals surface area contributed by atoms with E-state index in [1.807, 2.05) is 30.3 Å². The van der Waals surface area contributed by atoms with Gasteiger partial charge < -0.3 is 21.8 Å². The Morgan fingerprint density at radius 1 is 1.17 bits per heavy atom. The molecule has 3 aromatic rings. The highest BCUT2D eigenvalue weighted by Gasteiger charge is 2.40. The number of hydrogen-bond acceptors (Lipinski definition) is 6. The fourth-order valence-electron chi connectivity index (χ4n) is 5.35. The Bertz CT molecular complexity index is 1220. The molecule has 1 aliphatic carbocycles. The number of fused-ring (bicyclic) bond motifs is 1. The summed E-state index contributed by atoms with van der Waals surface area (Å²) in [5, 5.41) is 3.36. The molecular weight excluding hydrogens is 481 g/mol. The lowest BCUT2D eigenvalue weighted by Crippen LogP contribution is -2.39. The number of carbonyl (C=O) groups is 1. The van der Waals surface area contributed by atoms with Gasteiger partial charge in [-0.1, -0.05) is 48.0 Å². The molecule has 1 amide bonds. The molecule has 8 N–H and O–H groups in total. The summed E-state index contributed by atoms with van der Waals surface area (Å²) in [6.07, 6.45) is 3.21. The van der Waals surface area contributed by atoms with Crippen LogP contribution in [0, 0.1) is 11.7 Å². The maximum Gasteiger partial charge on any atom is 0.254 e. The Morgan fingerprint density at radius 2 is 1.97 bits per heavy atom. The van der Waals surface area contributed by atoms with Gasteiger partial charge >= 0.3 is 0 Å². The lowest BCUT2D eigenvalue weighted by Gasteiger charge is -2.31. The average molecular weight is 512 g/mol. The summed E-state index contributed by atoms with van der Waals surface area (Å²) in [5.41, 5.74) is 20.6. The lowest BCUT2D eigenvalue weighted by atomic mass is 9.77. The van der Waals surface area contributed by atoms with E-state index in [1.54, 1.807) is 6.07 Å². The number of carbonyl (C=O) groups excluding carboxylic acids is 1. The van der Waals surface area contributed by atoms with Crippen LogP contribution in [0.25, 0.3) is 0 Å². The summed E-state index contributed by atoms with van der Waals surface area (Å²) in [5.74, 6) is -0.0222. The smallest absolute Gasteiger partial charge is 0.254 e. The van der Waals surface area contributed by atoms with E-state index in [-0.39, 0.29) is 30.2 Å². The highest BCUT2D eigenvalue weighted by atomic mass is 35.5. The molecule has 0 spiro atoms. The van der Waals surface area contributed by atoms with Gasteiger partial charge in [0, 0.05) is 24.4 Å². The van der Waals surface area contributed by atoms with Crippen molar-refractivity contribution >= 4 is 17.5 Å². The van der Waals surface area contributed by atoms with E-state index in [0.29, 0.717) is 28.9 Å². The predicted molar refractivity (Wildman–Crippen MR) is 136 cm³/mol. The first-order valence-electron chi connectivity index (χ1n) is 12.3. The quantitative estimate of drug-likeness (QED) is 0.289. The molecule has 1 aliphatic heterocycles. The van der Waals surface area contributed by atoms with E-state index in [2.05, 4.69) is 26.1 Å². The summed E-state index contributed by atoms with van der Waals surface area (Å²) in [6, 6.07) is 13.9. The Labute approximate surface area is 214 Å². The van der Waals surface area contributed by atoms with Gasteiger partial charge in [-0.15, -0.1) is 0 Å². The number of nitrogens with one attached hydrogen (secondary N) is 4. The molecule has 10 heteroatoms. The molecule has 2 fully saturated rings. The van der Waals surface area contributed by atoms with Crippen LogP contribution in [-0.2, 0) is 13.0 Å². The molecule has 1 saturated heterocycles. The number of nitrogens with zero attached hydrogens (tertiary/aromatic N) is 1. The van der Waals surface area contributed by atoms with Crippen molar-refractivity contribution in [1.82, 2.24) is 26.1 Å². The first-order valence-corrected chi connectivity index (χ1v) is 12.7. The highest BCUT2D eigenvalue weighted by Crippen LogP contribution is 2.40. The molecule has 5 rings (SSSR count). The molecule has 2 aromatic carbocycles. The normalized spacial score (nSPS) is 24.3. The Balaban J connectivity index is 1.39. The second-order valence-corrected chi connectivity index (χ2v) is 10.0. The van der Waals surface area contributed by atoms with Crippen LogP contribution in [0.4, 0.5) is 4.39 Å². The number of amides is 1. The molecule has 5 atom stereocenters. The molecule has 1 saturated carbocycles. The Morgan fingerprint density at radius 3 is 2.72 bits per heavy atom. The van der Waals surface area contributed by atoms with Crippen LogP contribution in [0.1, 0.15) is 64.2 Å². The zero-order valence-electron chi connectivity index (χ0n) is 19.8. The first kappa shape index (κ1) is 24.9. The van der Waals surface area contributed by atoms with E-state index in [9.17, 15) is 9.18 Å². The van der Waals surface area contributed by atoms with E-state index < -0.39 is 17.8 Å². The standard InChI is InChI=1S/C26H31ClFN7O/c27-23-22(16-7-9-18-20(12-16)34-35-24(18)30)32-25(33-23)21(11-14-4-2-1-3-5-14)31-26(36)17-8-6-15(13-29)10-19(17)28/h1-6,8,10,16,18,20-21,24,34-35H,7,9,11-13,29-30H2,(H,31,36)(H,32,33)/t16?,18?,20?,21-,24?/m0/s1. The van der Waals surface area contributed by atoms with E-state index >= 15 is 0 Å². The van der Waals surface area contributed by atoms with Gasteiger partial charge in [0.2, 0.25) is 0 Å². The third-order valence-electron chi connectivity index (χ3n) is 7.34. The Kier molecular flexibility index (Phi) is 7.36. The maximum atomic E-state index is 14.6. The number of aromatic nitrogens is 2. The number of hydrazine groups is 1. The molecule has 0 radical (unpaired) electrons. The van der Waals surface area contributed by atoms with Gasteiger partial charge in [-0.2, -0.15) is 0 Å². The minimum absolute atomic E-state index is 0.0439. The number of rotatable bonds is 7. The van der Waals surface area contributed by atoms with Crippen LogP contribution in [-0.4, -0.2) is 28.1 Å². The Hall–Kier alpha value is -2.82. The summed E-state index contributed by atoms with van der Waals surface area (Å²) >= 11 is 6.62. The van der Waals surface area contributed by atoms with Crippen molar-refractivity contribution in [2.75, 3.05) is 0 Å². The van der Waals surface area contributed by atoms with E-state index in [0.717, 1.165) is 30.5 Å². The van der Waals surface area contributed by atoms with E-state index in [4.69, 9.17) is 23.1 Å². The largest absolute Gasteiger partial charge is 0.343 e. The summed E-state index contributed by atoms with van der Waals surface area (Å²) in [7, 11) is 0. The minimum atomic E-state index is -0.611. The molecule has 2 aliphatic rings. The highest BCUT2D eigenvalue weighted by molar-refractivity contribution is 6.30. The molecule has 36 heavy (non-hydrogen) atoms. The zero-order valence-corrected chi connectivity index (χ0v) is 20.6. The predicted octanol–water partition coefficient (Wildman–Crippen LogP) is 3.02. The molecular formula is C26H31ClFN7O. The van der Waals surface area contributed by atoms with Gasteiger partial charge in [0.1, 0.15) is 11.6 Å². The minimum Gasteiger partial charge on any atom is -0.343 e. The van der Waals surface area contributed by atoms with Crippen LogP contribution >= 0.6 is 11.6 Å². The number of benzene rings is 2. The van der Waals surface area contributed by atoms with Gasteiger partial charge in [0.05, 0.1) is 23.5 Å². The molecule has 1 aromatic heterocycles. The third kappa shape index (κ3) is 5.16. The van der Waals surface area contributed by atoms with Crippen LogP contribution in [0.5, 0.6) is 0 Å². The van der Waals surface area contributed by atoms with Crippen molar-refractivity contribution in [2.45, 2.75) is 56.4 Å². The third-order valence-corrected chi connectivity index (χ3v) is 7.63. The molecule has 190 valence electrons. The number of nitrogens with two attached hydrogens (primary N) is 2. The topological polar surface area (TPSA) is 134 Å². The van der Waals surface area contributed by atoms with Gasteiger partial charge in [-0.05, 0) is 48.9 Å². The fourth-order valence-corrected chi connectivity index (χ4v) is 5.65. The monoisotopic (exact) mass is 511 g/mol. The molecule has 2 heterocycles. The average Bonchev–Trinajstić information content (AvgIpc) is 3.46. The second kappa shape index (κ2) is 10.7. The maximum absolute atomic E-state index is 14.6. The first-order chi connectivity index (χ1) is 17.4. The van der Waals surface area contributed by atoms with Crippen molar-refractivity contribution in [3.8, 4) is 0 Å². The number of H-pyrrole nitrogens is 1. The van der Waals surface area contributed by atoms with E-state index in [1.165, 1.54) is 12.1 Å². The zero-order chi connectivity index (χ0) is 25.2. The number of imidazole rings is 1. The van der Waals surface area contributed by atoms with Crippen molar-refractivity contribution in [2.24, 2.45) is 17.4 Å². The van der Waals surface area contributed by atoms with Crippen molar-refractivity contribution in [3.05, 3.63) is 87.7 Å². The number of hydrogen-bond donors (Lipinski definition) is 6. The van der Waals surface area contributed by atoms with Crippen LogP contribution in [0.2, 0.25) is 5.15 Å². The van der Waals surface area contributed by atoms with Crippen LogP contribution in [0.15, 0.2) is 48.5 Å². The fraction of sp³-hybridized carbons (Fsp3) is 0.385. The van der Waals surface area contributed by atoms with Gasteiger partial charge in [-0.3, -0.25) is 10.2 Å². The van der Waals surface area contributed by atoms with Crippen molar-refractivity contribution in [1.29, 1.82) is 0 Å². The van der Waals surface area contributed by atoms with Gasteiger partial charge in [0.25, 0.3) is 5.91 Å². The number of halogens is 2. The van der Waals surface area contributed by atoms with Gasteiger partial charge in [-0.25, -0.2) is 14.8 Å². The van der Waals surface area contributed by atoms with Crippen molar-refractivity contribution in [3.63, 3.8) is 0 Å². The van der Waals surface area contributed by atoms with Gasteiger partial charge in [0.15, 0.2) is 5.15 Å². The second-order valence-electron chi connectivity index (χ2n) is 9.66. The summed E-state index contributed by atoms with van der Waals surface area (Å²) in [6.45, 7) is 0.198. The molecule has 8 nitrogen and oxygen atoms in total.